The van der Waals surface area contributed by atoms with Crippen molar-refractivity contribution in [2.24, 2.45) is 0 Å². The van der Waals surface area contributed by atoms with E-state index in [-0.39, 0.29) is 12.3 Å². The van der Waals surface area contributed by atoms with Crippen molar-refractivity contribution in [3.05, 3.63) is 29.8 Å². The van der Waals surface area contributed by atoms with E-state index in [0.717, 1.165) is 10.5 Å². The molecule has 1 amide bonds. The summed E-state index contributed by atoms with van der Waals surface area (Å²) in [5.41, 5.74) is 1.03. The van der Waals surface area contributed by atoms with E-state index in [1.165, 1.54) is 18.7 Å². The van der Waals surface area contributed by atoms with Crippen molar-refractivity contribution in [1.82, 2.24) is 5.32 Å². The first kappa shape index (κ1) is 13.6. The minimum atomic E-state index is -0.778. The number of hydrogen-bond donors (Lipinski definition) is 2. The molecule has 0 aliphatic heterocycles. The van der Waals surface area contributed by atoms with Gasteiger partial charge in [-0.2, -0.15) is 0 Å². The Morgan fingerprint density at radius 2 is 1.94 bits per heavy atom. The lowest BCUT2D eigenvalue weighted by atomic mass is 10.2. The Labute approximate surface area is 104 Å². The number of carbonyl (C=O) groups excluding carboxylic acids is 1. The molecule has 5 heteroatoms. The molecule has 92 valence electrons. The SMILES string of the molecule is CC(=O)NCc1ccc(SCCC(=O)O)cc1. The lowest BCUT2D eigenvalue weighted by molar-refractivity contribution is -0.136. The minimum absolute atomic E-state index is 0.0510. The normalized spacial score (nSPS) is 9.94. The number of rotatable bonds is 6. The molecule has 0 radical (unpaired) electrons. The van der Waals surface area contributed by atoms with Gasteiger partial charge in [0.15, 0.2) is 0 Å². The van der Waals surface area contributed by atoms with Gasteiger partial charge in [0.1, 0.15) is 0 Å². The van der Waals surface area contributed by atoms with Crippen LogP contribution in [-0.2, 0) is 16.1 Å². The first-order chi connectivity index (χ1) is 8.08. The molecule has 17 heavy (non-hydrogen) atoms. The lowest BCUT2D eigenvalue weighted by Gasteiger charge is -2.04. The summed E-state index contributed by atoms with van der Waals surface area (Å²) in [6, 6.07) is 7.73. The zero-order valence-electron chi connectivity index (χ0n) is 9.60. The molecule has 0 spiro atoms. The molecular weight excluding hydrogens is 238 g/mol. The average molecular weight is 253 g/mol. The Hall–Kier alpha value is -1.49. The maximum atomic E-state index is 10.7. The van der Waals surface area contributed by atoms with Crippen molar-refractivity contribution < 1.29 is 14.7 Å². The van der Waals surface area contributed by atoms with Crippen LogP contribution in [0.1, 0.15) is 18.9 Å². The number of benzene rings is 1. The Bertz CT molecular complexity index is 389. The van der Waals surface area contributed by atoms with Crippen LogP contribution in [0.3, 0.4) is 0 Å². The molecule has 0 atom stereocenters. The third-order valence-electron chi connectivity index (χ3n) is 2.05. The molecule has 0 aliphatic carbocycles. The number of thioether (sulfide) groups is 1. The molecule has 0 fully saturated rings. The standard InChI is InChI=1S/C12H15NO3S/c1-9(14)13-8-10-2-4-11(5-3-10)17-7-6-12(15)16/h2-5H,6-8H2,1H3,(H,13,14)(H,15,16). The van der Waals surface area contributed by atoms with Gasteiger partial charge in [0.25, 0.3) is 0 Å². The highest BCUT2D eigenvalue weighted by atomic mass is 32.2. The van der Waals surface area contributed by atoms with Crippen LogP contribution < -0.4 is 5.32 Å². The number of aliphatic carboxylic acids is 1. The number of carboxylic acid groups (broad SMARTS) is 1. The van der Waals surface area contributed by atoms with Crippen LogP contribution in [0, 0.1) is 0 Å². The Morgan fingerprint density at radius 3 is 2.47 bits per heavy atom. The molecule has 0 unspecified atom stereocenters. The molecule has 4 nitrogen and oxygen atoms in total. The van der Waals surface area contributed by atoms with Crippen LogP contribution in [0.4, 0.5) is 0 Å². The quantitative estimate of drug-likeness (QED) is 0.760. The fourth-order valence-electron chi connectivity index (χ4n) is 1.19. The molecule has 1 aromatic rings. The van der Waals surface area contributed by atoms with E-state index in [4.69, 9.17) is 5.11 Å². The summed E-state index contributed by atoms with van der Waals surface area (Å²) in [6.07, 6.45) is 0.165. The van der Waals surface area contributed by atoms with Crippen LogP contribution in [0.5, 0.6) is 0 Å². The maximum absolute atomic E-state index is 10.7. The molecule has 0 saturated carbocycles. The zero-order valence-corrected chi connectivity index (χ0v) is 10.4. The molecular formula is C12H15NO3S. The largest absolute Gasteiger partial charge is 0.481 e. The lowest BCUT2D eigenvalue weighted by Crippen LogP contribution is -2.18. The molecule has 0 saturated heterocycles. The fraction of sp³-hybridized carbons (Fsp3) is 0.333. The first-order valence-electron chi connectivity index (χ1n) is 5.26. The second kappa shape index (κ2) is 6.96. The minimum Gasteiger partial charge on any atom is -0.481 e. The fourth-order valence-corrected chi connectivity index (χ4v) is 2.03. The van der Waals surface area contributed by atoms with Gasteiger partial charge in [-0.05, 0) is 17.7 Å². The smallest absolute Gasteiger partial charge is 0.304 e. The van der Waals surface area contributed by atoms with E-state index in [1.54, 1.807) is 0 Å². The van der Waals surface area contributed by atoms with Crippen molar-refractivity contribution in [2.45, 2.75) is 24.8 Å². The summed E-state index contributed by atoms with van der Waals surface area (Å²) < 4.78 is 0. The third kappa shape index (κ3) is 5.97. The molecule has 1 aromatic carbocycles. The highest BCUT2D eigenvalue weighted by Gasteiger charge is 1.99. The van der Waals surface area contributed by atoms with Crippen molar-refractivity contribution >= 4 is 23.6 Å². The molecule has 0 bridgehead atoms. The number of amides is 1. The summed E-state index contributed by atoms with van der Waals surface area (Å²) in [6.45, 7) is 2.01. The van der Waals surface area contributed by atoms with Crippen LogP contribution in [0.25, 0.3) is 0 Å². The summed E-state index contributed by atoms with van der Waals surface area (Å²) in [4.78, 5) is 22.1. The molecule has 2 N–H and O–H groups in total. The number of hydrogen-bond acceptors (Lipinski definition) is 3. The number of nitrogens with one attached hydrogen (secondary N) is 1. The van der Waals surface area contributed by atoms with Crippen LogP contribution in [0.15, 0.2) is 29.2 Å². The molecule has 0 aliphatic rings. The predicted octanol–water partition coefficient (Wildman–Crippen LogP) is 1.89. The van der Waals surface area contributed by atoms with Gasteiger partial charge in [0.05, 0.1) is 6.42 Å². The number of carboxylic acids is 1. The van der Waals surface area contributed by atoms with Crippen LogP contribution in [0.2, 0.25) is 0 Å². The van der Waals surface area contributed by atoms with Gasteiger partial charge in [-0.25, -0.2) is 0 Å². The van der Waals surface area contributed by atoms with Crippen molar-refractivity contribution in [3.8, 4) is 0 Å². The van der Waals surface area contributed by atoms with E-state index < -0.39 is 5.97 Å². The third-order valence-corrected chi connectivity index (χ3v) is 3.06. The van der Waals surface area contributed by atoms with Gasteiger partial charge < -0.3 is 10.4 Å². The molecule has 1 rings (SSSR count). The predicted molar refractivity (Wildman–Crippen MR) is 66.9 cm³/mol. The summed E-state index contributed by atoms with van der Waals surface area (Å²) >= 11 is 1.51. The van der Waals surface area contributed by atoms with Gasteiger partial charge in [-0.1, -0.05) is 12.1 Å². The molecule has 0 aromatic heterocycles. The highest BCUT2D eigenvalue weighted by Crippen LogP contribution is 2.19. The van der Waals surface area contributed by atoms with Crippen molar-refractivity contribution in [2.75, 3.05) is 5.75 Å². The highest BCUT2D eigenvalue weighted by molar-refractivity contribution is 7.99. The van der Waals surface area contributed by atoms with E-state index in [0.29, 0.717) is 12.3 Å². The van der Waals surface area contributed by atoms with Gasteiger partial charge in [-0.3, -0.25) is 9.59 Å². The Balaban J connectivity index is 2.39. The Kier molecular flexibility index (Phi) is 5.56. The van der Waals surface area contributed by atoms with E-state index in [9.17, 15) is 9.59 Å². The Morgan fingerprint density at radius 1 is 1.29 bits per heavy atom. The second-order valence-electron chi connectivity index (χ2n) is 3.55. The van der Waals surface area contributed by atoms with Crippen LogP contribution >= 0.6 is 11.8 Å². The summed E-state index contributed by atoms with van der Waals surface area (Å²) in [5, 5.41) is 11.2. The summed E-state index contributed by atoms with van der Waals surface area (Å²) in [5.74, 6) is -0.259. The summed E-state index contributed by atoms with van der Waals surface area (Å²) in [7, 11) is 0. The van der Waals surface area contributed by atoms with Crippen LogP contribution in [-0.4, -0.2) is 22.7 Å². The van der Waals surface area contributed by atoms with Gasteiger partial charge in [-0.15, -0.1) is 11.8 Å². The second-order valence-corrected chi connectivity index (χ2v) is 4.71. The van der Waals surface area contributed by atoms with Crippen molar-refractivity contribution in [1.29, 1.82) is 0 Å². The first-order valence-corrected chi connectivity index (χ1v) is 6.24. The van der Waals surface area contributed by atoms with Gasteiger partial charge in [0, 0.05) is 24.1 Å². The van der Waals surface area contributed by atoms with Gasteiger partial charge >= 0.3 is 5.97 Å². The zero-order chi connectivity index (χ0) is 12.7. The molecule has 0 heterocycles. The van der Waals surface area contributed by atoms with E-state index in [1.807, 2.05) is 24.3 Å². The van der Waals surface area contributed by atoms with E-state index >= 15 is 0 Å². The van der Waals surface area contributed by atoms with Crippen molar-refractivity contribution in [3.63, 3.8) is 0 Å². The maximum Gasteiger partial charge on any atom is 0.304 e. The number of carbonyl (C=O) groups is 2. The van der Waals surface area contributed by atoms with Gasteiger partial charge in [0.2, 0.25) is 5.91 Å². The monoisotopic (exact) mass is 253 g/mol. The van der Waals surface area contributed by atoms with E-state index in [2.05, 4.69) is 5.32 Å². The topological polar surface area (TPSA) is 66.4 Å². The average Bonchev–Trinajstić information content (AvgIpc) is 2.27.